The van der Waals surface area contributed by atoms with Crippen molar-refractivity contribution >= 4 is 12.0 Å². The molecule has 0 unspecified atom stereocenters. The molecule has 0 radical (unpaired) electrons. The summed E-state index contributed by atoms with van der Waals surface area (Å²) < 4.78 is 18.2. The number of halogens is 1. The van der Waals surface area contributed by atoms with Crippen LogP contribution in [0, 0.1) is 5.82 Å². The van der Waals surface area contributed by atoms with Crippen LogP contribution in [0.2, 0.25) is 0 Å². The Bertz CT molecular complexity index is 374. The van der Waals surface area contributed by atoms with Crippen LogP contribution in [0.1, 0.15) is 5.56 Å². The maximum absolute atomic E-state index is 13.4. The van der Waals surface area contributed by atoms with Gasteiger partial charge in [0.1, 0.15) is 0 Å². The van der Waals surface area contributed by atoms with Gasteiger partial charge in [0.25, 0.3) is 0 Å². The Hall–Kier alpha value is -1.84. The highest BCUT2D eigenvalue weighted by Gasteiger charge is 2.04. The normalized spacial score (nSPS) is 10.4. The Balaban J connectivity index is 3.03. The number of benzene rings is 1. The van der Waals surface area contributed by atoms with E-state index in [1.54, 1.807) is 6.07 Å². The fourth-order valence-electron chi connectivity index (χ4n) is 0.986. The van der Waals surface area contributed by atoms with Gasteiger partial charge in [0.2, 0.25) is 5.91 Å². The van der Waals surface area contributed by atoms with Crippen molar-refractivity contribution in [3.05, 3.63) is 35.7 Å². The van der Waals surface area contributed by atoms with Crippen molar-refractivity contribution in [2.24, 2.45) is 5.73 Å². The van der Waals surface area contributed by atoms with Gasteiger partial charge < -0.3 is 10.5 Å². The number of carbonyl (C=O) groups excluding carboxylic acids is 1. The van der Waals surface area contributed by atoms with Crippen molar-refractivity contribution in [3.8, 4) is 5.75 Å². The number of nitrogens with two attached hydrogens (primary N) is 1. The van der Waals surface area contributed by atoms with Crippen LogP contribution in [0.25, 0.3) is 6.08 Å². The van der Waals surface area contributed by atoms with Gasteiger partial charge in [-0.05, 0) is 12.1 Å². The van der Waals surface area contributed by atoms with E-state index < -0.39 is 11.7 Å². The first kappa shape index (κ1) is 10.2. The summed E-state index contributed by atoms with van der Waals surface area (Å²) in [6.45, 7) is 0. The molecule has 1 amide bonds. The van der Waals surface area contributed by atoms with Gasteiger partial charge in [0.15, 0.2) is 11.6 Å². The Kier molecular flexibility index (Phi) is 3.23. The molecule has 0 aliphatic heterocycles. The molecule has 0 saturated heterocycles. The fraction of sp³-hybridized carbons (Fsp3) is 0.100. The van der Waals surface area contributed by atoms with E-state index in [1.807, 2.05) is 0 Å². The monoisotopic (exact) mass is 195 g/mol. The smallest absolute Gasteiger partial charge is 0.241 e. The van der Waals surface area contributed by atoms with E-state index in [2.05, 4.69) is 0 Å². The van der Waals surface area contributed by atoms with Gasteiger partial charge in [-0.3, -0.25) is 4.79 Å². The molecule has 0 bridgehead atoms. The van der Waals surface area contributed by atoms with Crippen molar-refractivity contribution in [1.82, 2.24) is 0 Å². The predicted octanol–water partition coefficient (Wildman–Crippen LogP) is 1.33. The average molecular weight is 195 g/mol. The largest absolute Gasteiger partial charge is 0.494 e. The minimum atomic E-state index is -0.618. The van der Waals surface area contributed by atoms with Crippen molar-refractivity contribution in [3.63, 3.8) is 0 Å². The van der Waals surface area contributed by atoms with Crippen LogP contribution in [0.4, 0.5) is 4.39 Å². The molecule has 14 heavy (non-hydrogen) atoms. The van der Waals surface area contributed by atoms with Crippen LogP contribution in [0.3, 0.4) is 0 Å². The zero-order chi connectivity index (χ0) is 10.6. The molecule has 0 fully saturated rings. The van der Waals surface area contributed by atoms with Crippen LogP contribution in [0.5, 0.6) is 5.75 Å². The second kappa shape index (κ2) is 4.41. The Morgan fingerprint density at radius 3 is 2.86 bits per heavy atom. The summed E-state index contributed by atoms with van der Waals surface area (Å²) in [6.07, 6.45) is 2.40. The number of carbonyl (C=O) groups is 1. The van der Waals surface area contributed by atoms with E-state index in [0.29, 0.717) is 0 Å². The van der Waals surface area contributed by atoms with Gasteiger partial charge >= 0.3 is 0 Å². The van der Waals surface area contributed by atoms with Crippen LogP contribution in [0.15, 0.2) is 24.3 Å². The molecule has 0 heterocycles. The van der Waals surface area contributed by atoms with E-state index in [-0.39, 0.29) is 11.3 Å². The molecule has 1 aromatic carbocycles. The molecule has 3 nitrogen and oxygen atoms in total. The average Bonchev–Trinajstić information content (AvgIpc) is 2.16. The topological polar surface area (TPSA) is 52.3 Å². The maximum atomic E-state index is 13.4. The van der Waals surface area contributed by atoms with Crippen molar-refractivity contribution in [2.45, 2.75) is 0 Å². The van der Waals surface area contributed by atoms with Crippen LogP contribution < -0.4 is 10.5 Å². The number of methoxy groups -OCH3 is 1. The van der Waals surface area contributed by atoms with E-state index in [1.165, 1.54) is 25.3 Å². The third-order valence-electron chi connectivity index (χ3n) is 1.64. The lowest BCUT2D eigenvalue weighted by Crippen LogP contribution is -2.05. The Morgan fingerprint density at radius 1 is 1.57 bits per heavy atom. The maximum Gasteiger partial charge on any atom is 0.241 e. The number of primary amides is 1. The zero-order valence-electron chi connectivity index (χ0n) is 7.66. The van der Waals surface area contributed by atoms with Gasteiger partial charge in [-0.25, -0.2) is 4.39 Å². The molecule has 4 heteroatoms. The van der Waals surface area contributed by atoms with Crippen molar-refractivity contribution in [1.29, 1.82) is 0 Å². The number of rotatable bonds is 3. The molecule has 1 aromatic rings. The molecule has 2 N–H and O–H groups in total. The summed E-state index contributed by atoms with van der Waals surface area (Å²) >= 11 is 0. The van der Waals surface area contributed by atoms with Gasteiger partial charge in [-0.2, -0.15) is 0 Å². The summed E-state index contributed by atoms with van der Waals surface area (Å²) in [7, 11) is 1.37. The van der Waals surface area contributed by atoms with E-state index in [4.69, 9.17) is 10.5 Å². The number of ether oxygens (including phenoxy) is 1. The summed E-state index contributed by atoms with van der Waals surface area (Å²) in [5.74, 6) is -0.989. The molecule has 0 aliphatic rings. The molecule has 74 valence electrons. The highest BCUT2D eigenvalue weighted by Crippen LogP contribution is 2.20. The predicted molar refractivity (Wildman–Crippen MR) is 51.2 cm³/mol. The van der Waals surface area contributed by atoms with Gasteiger partial charge in [0, 0.05) is 11.6 Å². The minimum Gasteiger partial charge on any atom is -0.494 e. The highest BCUT2D eigenvalue weighted by atomic mass is 19.1. The SMILES string of the molecule is COc1cccc(C=CC(N)=O)c1F. The first-order chi connectivity index (χ1) is 6.65. The van der Waals surface area contributed by atoms with E-state index in [9.17, 15) is 9.18 Å². The van der Waals surface area contributed by atoms with E-state index >= 15 is 0 Å². The Morgan fingerprint density at radius 2 is 2.29 bits per heavy atom. The lowest BCUT2D eigenvalue weighted by molar-refractivity contribution is -0.113. The Labute approximate surface area is 81.0 Å². The van der Waals surface area contributed by atoms with Crippen molar-refractivity contribution < 1.29 is 13.9 Å². The van der Waals surface area contributed by atoms with E-state index in [0.717, 1.165) is 6.08 Å². The first-order valence-corrected chi connectivity index (χ1v) is 3.95. The highest BCUT2D eigenvalue weighted by molar-refractivity contribution is 5.90. The molecule has 0 aromatic heterocycles. The summed E-state index contributed by atoms with van der Waals surface area (Å²) in [4.78, 5) is 10.4. The molecule has 0 saturated carbocycles. The van der Waals surface area contributed by atoms with Crippen molar-refractivity contribution in [2.75, 3.05) is 7.11 Å². The quantitative estimate of drug-likeness (QED) is 0.740. The summed E-state index contributed by atoms with van der Waals surface area (Å²) in [6, 6.07) is 4.65. The second-order valence-electron chi connectivity index (χ2n) is 2.60. The summed E-state index contributed by atoms with van der Waals surface area (Å²) in [5, 5.41) is 0. The first-order valence-electron chi connectivity index (χ1n) is 3.95. The number of hydrogen-bond acceptors (Lipinski definition) is 2. The standard InChI is InChI=1S/C10H10FNO2/c1-14-8-4-2-3-7(10(8)11)5-6-9(12)13/h2-6H,1H3,(H2,12,13). The lowest BCUT2D eigenvalue weighted by Gasteiger charge is -2.02. The molecular weight excluding hydrogens is 185 g/mol. The minimum absolute atomic E-state index is 0.136. The lowest BCUT2D eigenvalue weighted by atomic mass is 10.2. The number of hydrogen-bond donors (Lipinski definition) is 1. The fourth-order valence-corrected chi connectivity index (χ4v) is 0.986. The molecule has 0 spiro atoms. The van der Waals surface area contributed by atoms with Crippen LogP contribution >= 0.6 is 0 Å². The van der Waals surface area contributed by atoms with Gasteiger partial charge in [-0.15, -0.1) is 0 Å². The molecule has 0 atom stereocenters. The van der Waals surface area contributed by atoms with Gasteiger partial charge in [0.05, 0.1) is 7.11 Å². The zero-order valence-corrected chi connectivity index (χ0v) is 7.66. The second-order valence-corrected chi connectivity index (χ2v) is 2.60. The molecular formula is C10H10FNO2. The third kappa shape index (κ3) is 2.32. The number of amides is 1. The molecule has 0 aliphatic carbocycles. The van der Waals surface area contributed by atoms with Crippen LogP contribution in [-0.2, 0) is 4.79 Å². The van der Waals surface area contributed by atoms with Gasteiger partial charge in [-0.1, -0.05) is 12.1 Å². The summed E-state index contributed by atoms with van der Waals surface area (Å²) in [5.41, 5.74) is 5.15. The molecule has 1 rings (SSSR count). The third-order valence-corrected chi connectivity index (χ3v) is 1.64. The van der Waals surface area contributed by atoms with Crippen LogP contribution in [-0.4, -0.2) is 13.0 Å².